The summed E-state index contributed by atoms with van der Waals surface area (Å²) in [6.07, 6.45) is 6.67. The minimum Gasteiger partial charge on any atom is -0.378 e. The Kier molecular flexibility index (Phi) is 11.5. The number of amides is 1. The number of hydrogen-bond donors (Lipinski definition) is 2. The van der Waals surface area contributed by atoms with Crippen LogP contribution in [-0.4, -0.2) is 58.3 Å². The summed E-state index contributed by atoms with van der Waals surface area (Å²) in [5.41, 5.74) is 4.14. The molecule has 2 aromatic rings. The van der Waals surface area contributed by atoms with Gasteiger partial charge in [0.15, 0.2) is 11.6 Å². The number of aromatic nitrogens is 3. The van der Waals surface area contributed by atoms with Crippen LogP contribution in [0.3, 0.4) is 0 Å². The summed E-state index contributed by atoms with van der Waals surface area (Å²) in [4.78, 5) is 30.0. The van der Waals surface area contributed by atoms with Crippen molar-refractivity contribution in [1.29, 1.82) is 5.41 Å². The van der Waals surface area contributed by atoms with Crippen LogP contribution < -0.4 is 10.2 Å². The van der Waals surface area contributed by atoms with Crippen LogP contribution in [-0.2, 0) is 9.53 Å². The number of carbonyl (C=O) groups excluding carboxylic acids is 1. The van der Waals surface area contributed by atoms with Gasteiger partial charge in [0.2, 0.25) is 5.91 Å². The minimum absolute atomic E-state index is 0.0309. The highest BCUT2D eigenvalue weighted by Crippen LogP contribution is 2.29. The van der Waals surface area contributed by atoms with E-state index in [0.717, 1.165) is 36.0 Å². The van der Waals surface area contributed by atoms with Gasteiger partial charge >= 0.3 is 0 Å². The number of allylic oxidation sites excluding steroid dienone is 3. The lowest BCUT2D eigenvalue weighted by Gasteiger charge is -2.28. The molecule has 188 valence electrons. The number of morpholine rings is 1. The third-order valence-electron chi connectivity index (χ3n) is 5.37. The highest BCUT2D eigenvalue weighted by molar-refractivity contribution is 14.1. The fourth-order valence-corrected chi connectivity index (χ4v) is 3.41. The molecule has 35 heavy (non-hydrogen) atoms. The number of halogens is 1. The summed E-state index contributed by atoms with van der Waals surface area (Å²) in [5, 5.41) is 10.4. The van der Waals surface area contributed by atoms with Crippen molar-refractivity contribution in [3.8, 4) is 0 Å². The molecule has 0 radical (unpaired) electrons. The summed E-state index contributed by atoms with van der Waals surface area (Å²) in [6.45, 7) is 16.5. The number of nitrogens with one attached hydrogen (secondary N) is 2. The molecule has 1 saturated heterocycles. The van der Waals surface area contributed by atoms with Gasteiger partial charge in [0.1, 0.15) is 5.52 Å². The first-order chi connectivity index (χ1) is 17.0. The van der Waals surface area contributed by atoms with Crippen LogP contribution in [0.5, 0.6) is 0 Å². The fraction of sp³-hybridized carbons (Fsp3) is 0.423. The van der Waals surface area contributed by atoms with Crippen molar-refractivity contribution in [3.63, 3.8) is 0 Å². The number of ether oxygens (including phenoxy) is 1. The number of rotatable bonds is 7. The number of hydrogen-bond acceptors (Lipinski definition) is 7. The van der Waals surface area contributed by atoms with Gasteiger partial charge in [-0.15, -0.1) is 0 Å². The normalized spacial score (nSPS) is 15.2. The van der Waals surface area contributed by atoms with E-state index in [2.05, 4.69) is 60.9 Å². The van der Waals surface area contributed by atoms with Gasteiger partial charge in [-0.2, -0.15) is 0 Å². The van der Waals surface area contributed by atoms with Crippen molar-refractivity contribution < 1.29 is 9.53 Å². The molecule has 2 aromatic heterocycles. The van der Waals surface area contributed by atoms with E-state index >= 15 is 0 Å². The topological polar surface area (TPSA) is 104 Å². The van der Waals surface area contributed by atoms with Crippen LogP contribution in [0.25, 0.3) is 22.2 Å². The molecule has 9 heteroatoms. The van der Waals surface area contributed by atoms with Crippen LogP contribution in [0.1, 0.15) is 45.0 Å². The van der Waals surface area contributed by atoms with Crippen LogP contribution in [0.4, 0.5) is 5.82 Å². The predicted octanol–water partition coefficient (Wildman–Crippen LogP) is 5.04. The van der Waals surface area contributed by atoms with E-state index in [1.165, 1.54) is 0 Å². The van der Waals surface area contributed by atoms with Crippen molar-refractivity contribution in [1.82, 2.24) is 20.3 Å². The average Bonchev–Trinajstić information content (AvgIpc) is 3.76. The second-order valence-corrected chi connectivity index (χ2v) is 7.85. The summed E-state index contributed by atoms with van der Waals surface area (Å²) in [6, 6.07) is 1.94. The maximum absolute atomic E-state index is 12.0. The zero-order valence-electron chi connectivity index (χ0n) is 21.0. The summed E-state index contributed by atoms with van der Waals surface area (Å²) in [5.74, 6) is 1.29. The Balaban J connectivity index is 0.00000103. The molecule has 0 unspecified atom stereocenters. The SMILES string of the molecule is C=C(/C=C(\C)c1cnc2c(N3CCOCC3)nc(C(=C)C=N)nc2c1)NC(=O)C1CC1.CC.CI. The molecule has 0 aromatic carbocycles. The zero-order chi connectivity index (χ0) is 26.0. The first-order valence-corrected chi connectivity index (χ1v) is 13.9. The molecular weight excluding hydrogens is 555 g/mol. The van der Waals surface area contributed by atoms with E-state index in [4.69, 9.17) is 10.1 Å². The van der Waals surface area contributed by atoms with Gasteiger partial charge in [-0.05, 0) is 48.0 Å². The van der Waals surface area contributed by atoms with E-state index in [-0.39, 0.29) is 11.8 Å². The Bertz CT molecular complexity index is 1100. The van der Waals surface area contributed by atoms with E-state index in [1.807, 2.05) is 37.8 Å². The number of pyridine rings is 1. The number of carbonyl (C=O) groups is 1. The Morgan fingerprint density at radius 2 is 1.89 bits per heavy atom. The van der Waals surface area contributed by atoms with Crippen molar-refractivity contribution in [3.05, 3.63) is 48.6 Å². The summed E-state index contributed by atoms with van der Waals surface area (Å²) >= 11 is 2.15. The lowest BCUT2D eigenvalue weighted by molar-refractivity contribution is -0.121. The van der Waals surface area contributed by atoms with Gasteiger partial charge in [0.25, 0.3) is 0 Å². The standard InChI is InChI=1S/C23H26N6O2.C2H6.CH3I/c1-14(10-16(3)26-23(30)17-4-5-17)18-11-19-20(25-13-18)22(29-6-8-31-9-7-29)28-21(27-19)15(2)12-24;2*1-2/h10-13,17,24H,2-9H2,1H3,(H,26,30);1-2H3;1H3/b14-10+,24-12?;;. The molecule has 3 heterocycles. The predicted molar refractivity (Wildman–Crippen MR) is 153 cm³/mol. The number of alkyl halides is 1. The summed E-state index contributed by atoms with van der Waals surface area (Å²) in [7, 11) is 0. The lowest BCUT2D eigenvalue weighted by Crippen LogP contribution is -2.37. The Morgan fingerprint density at radius 3 is 2.49 bits per heavy atom. The highest BCUT2D eigenvalue weighted by Gasteiger charge is 2.29. The number of anilines is 1. The molecule has 1 amide bonds. The minimum atomic E-state index is 0.0309. The van der Waals surface area contributed by atoms with Gasteiger partial charge in [0, 0.05) is 42.7 Å². The van der Waals surface area contributed by atoms with E-state index in [0.29, 0.717) is 54.4 Å². The maximum atomic E-state index is 12.0. The largest absolute Gasteiger partial charge is 0.378 e. The number of fused-ring (bicyclic) bond motifs is 1. The molecule has 0 bridgehead atoms. The molecule has 0 spiro atoms. The second-order valence-electron chi connectivity index (χ2n) is 7.85. The van der Waals surface area contributed by atoms with Gasteiger partial charge in [-0.3, -0.25) is 9.78 Å². The third kappa shape index (κ3) is 7.66. The van der Waals surface area contributed by atoms with Gasteiger partial charge in [-0.1, -0.05) is 49.6 Å². The van der Waals surface area contributed by atoms with Gasteiger partial charge in [0.05, 0.1) is 18.7 Å². The van der Waals surface area contributed by atoms with Gasteiger partial charge in [-0.25, -0.2) is 9.97 Å². The van der Waals surface area contributed by atoms with Crippen LogP contribution in [0.2, 0.25) is 0 Å². The third-order valence-corrected chi connectivity index (χ3v) is 5.37. The molecule has 8 nitrogen and oxygen atoms in total. The first-order valence-electron chi connectivity index (χ1n) is 11.7. The van der Waals surface area contributed by atoms with E-state index in [9.17, 15) is 4.79 Å². The van der Waals surface area contributed by atoms with E-state index in [1.54, 1.807) is 6.20 Å². The molecule has 2 aliphatic rings. The zero-order valence-corrected chi connectivity index (χ0v) is 23.2. The second kappa shape index (κ2) is 14.0. The van der Waals surface area contributed by atoms with Crippen molar-refractivity contribution in [2.24, 2.45) is 5.92 Å². The summed E-state index contributed by atoms with van der Waals surface area (Å²) < 4.78 is 5.46. The molecular formula is C26H35IN6O2. The molecule has 4 rings (SSSR count). The lowest BCUT2D eigenvalue weighted by atomic mass is 10.1. The number of nitrogens with zero attached hydrogens (tertiary/aromatic N) is 4. The molecule has 1 aliphatic heterocycles. The quantitative estimate of drug-likeness (QED) is 0.203. The van der Waals surface area contributed by atoms with Crippen LogP contribution in [0.15, 0.2) is 37.2 Å². The smallest absolute Gasteiger partial charge is 0.227 e. The fourth-order valence-electron chi connectivity index (χ4n) is 3.41. The molecule has 2 N–H and O–H groups in total. The Labute approximate surface area is 221 Å². The van der Waals surface area contributed by atoms with Crippen LogP contribution in [0, 0.1) is 11.3 Å². The van der Waals surface area contributed by atoms with E-state index < -0.39 is 0 Å². The average molecular weight is 591 g/mol. The van der Waals surface area contributed by atoms with Crippen molar-refractivity contribution in [2.45, 2.75) is 33.6 Å². The molecule has 0 atom stereocenters. The molecule has 1 saturated carbocycles. The Morgan fingerprint density at radius 1 is 1.23 bits per heavy atom. The first kappa shape index (κ1) is 28.6. The Hall–Kier alpha value is -2.66. The molecule has 2 fully saturated rings. The van der Waals surface area contributed by atoms with Crippen molar-refractivity contribution in [2.75, 3.05) is 36.1 Å². The van der Waals surface area contributed by atoms with Crippen LogP contribution >= 0.6 is 22.6 Å². The van der Waals surface area contributed by atoms with Gasteiger partial charge < -0.3 is 20.4 Å². The monoisotopic (exact) mass is 590 g/mol. The van der Waals surface area contributed by atoms with Crippen molar-refractivity contribution >= 4 is 62.7 Å². The highest BCUT2D eigenvalue weighted by atomic mass is 127. The maximum Gasteiger partial charge on any atom is 0.227 e. The molecule has 1 aliphatic carbocycles.